The zero-order valence-electron chi connectivity index (χ0n) is 10.4. The molecule has 0 nitrogen and oxygen atoms in total. The summed E-state index contributed by atoms with van der Waals surface area (Å²) in [5.74, 6) is -27.9. The second-order valence-corrected chi connectivity index (χ2v) is 5.17. The van der Waals surface area contributed by atoms with Crippen LogP contribution in [0.2, 0.25) is 0 Å². The second-order valence-electron chi connectivity index (χ2n) is 5.17. The summed E-state index contributed by atoms with van der Waals surface area (Å²) in [5.41, 5.74) is -11.2. The van der Waals surface area contributed by atoms with Crippen molar-refractivity contribution in [2.45, 2.75) is 55.8 Å². The topological polar surface area (TPSA) is 0 Å². The lowest BCUT2D eigenvalue weighted by Crippen LogP contribution is -2.85. The summed E-state index contributed by atoms with van der Waals surface area (Å²) < 4.78 is 134. The molecule has 0 aromatic carbocycles. The number of alkyl halides is 10. The van der Waals surface area contributed by atoms with Crippen LogP contribution in [-0.4, -0.2) is 35.0 Å². The third-order valence-corrected chi connectivity index (χ3v) is 3.68. The predicted octanol–water partition coefficient (Wildman–Crippen LogP) is 4.63. The van der Waals surface area contributed by atoms with Crippen LogP contribution in [0.15, 0.2) is 0 Å². The van der Waals surface area contributed by atoms with Gasteiger partial charge in [0, 0.05) is 0 Å². The Kier molecular flexibility index (Phi) is 3.24. The molecular weight excluding hydrogens is 310 g/mol. The Morgan fingerprint density at radius 1 is 0.550 bits per heavy atom. The molecule has 0 amide bonds. The van der Waals surface area contributed by atoms with Crippen molar-refractivity contribution in [1.29, 1.82) is 0 Å². The van der Waals surface area contributed by atoms with Crippen molar-refractivity contribution in [3.63, 3.8) is 0 Å². The minimum Gasteiger partial charge on any atom is -0.230 e. The van der Waals surface area contributed by atoms with Crippen LogP contribution in [0, 0.1) is 5.92 Å². The van der Waals surface area contributed by atoms with Crippen LogP contribution >= 0.6 is 0 Å². The van der Waals surface area contributed by atoms with E-state index in [9.17, 15) is 43.9 Å². The summed E-state index contributed by atoms with van der Waals surface area (Å²) in [7, 11) is 0. The first-order valence-electron chi connectivity index (χ1n) is 5.33. The minimum absolute atomic E-state index is 0.300. The molecule has 0 spiro atoms. The highest BCUT2D eigenvalue weighted by Gasteiger charge is 2.98. The molecule has 1 aliphatic carbocycles. The Labute approximate surface area is 107 Å². The van der Waals surface area contributed by atoms with E-state index in [-0.39, 0.29) is 0 Å². The van der Waals surface area contributed by atoms with Crippen LogP contribution in [0.1, 0.15) is 20.8 Å². The van der Waals surface area contributed by atoms with Gasteiger partial charge in [-0.25, -0.2) is 8.78 Å². The predicted molar refractivity (Wildman–Crippen MR) is 48.0 cm³/mol. The van der Waals surface area contributed by atoms with Gasteiger partial charge in [0.2, 0.25) is 5.67 Å². The largest absolute Gasteiger partial charge is 0.353 e. The maximum atomic E-state index is 14.0. The maximum absolute atomic E-state index is 14.0. The molecule has 0 aromatic heterocycles. The van der Waals surface area contributed by atoms with Crippen molar-refractivity contribution in [3.8, 4) is 0 Å². The van der Waals surface area contributed by atoms with Gasteiger partial charge in [-0.2, -0.15) is 35.1 Å². The molecule has 0 atom stereocenters. The van der Waals surface area contributed by atoms with E-state index in [1.165, 1.54) is 0 Å². The molecule has 0 unspecified atom stereocenters. The Hall–Kier alpha value is -0.700. The van der Waals surface area contributed by atoms with Crippen LogP contribution in [0.3, 0.4) is 0 Å². The van der Waals surface area contributed by atoms with Crippen LogP contribution in [-0.2, 0) is 0 Å². The third kappa shape index (κ3) is 1.31. The van der Waals surface area contributed by atoms with Gasteiger partial charge in [-0.15, -0.1) is 0 Å². The fraction of sp³-hybridized carbons (Fsp3) is 1.00. The second kappa shape index (κ2) is 3.73. The first-order valence-corrected chi connectivity index (χ1v) is 5.33. The fourth-order valence-electron chi connectivity index (χ4n) is 2.17. The van der Waals surface area contributed by atoms with Gasteiger partial charge in [-0.1, -0.05) is 13.8 Å². The molecule has 0 radical (unpaired) electrons. The summed E-state index contributed by atoms with van der Waals surface area (Å²) in [6, 6.07) is 0. The van der Waals surface area contributed by atoms with Crippen LogP contribution < -0.4 is 0 Å². The zero-order chi connectivity index (χ0) is 16.6. The van der Waals surface area contributed by atoms with Gasteiger partial charge in [-0.3, -0.25) is 0 Å². The van der Waals surface area contributed by atoms with E-state index >= 15 is 0 Å². The van der Waals surface area contributed by atoms with Gasteiger partial charge in [0.05, 0.1) is 0 Å². The highest BCUT2D eigenvalue weighted by atomic mass is 19.4. The Morgan fingerprint density at radius 3 is 1.00 bits per heavy atom. The monoisotopic (exact) mass is 320 g/mol. The van der Waals surface area contributed by atoms with E-state index in [0.29, 0.717) is 13.8 Å². The average Bonchev–Trinajstić information content (AvgIpc) is 2.24. The fourth-order valence-corrected chi connectivity index (χ4v) is 2.17. The van der Waals surface area contributed by atoms with E-state index in [1.54, 1.807) is 0 Å². The SMILES string of the molecule is CC(C)C1(F)C(F)(F)C(F)(F)C(C)(F)C(F)(F)C1(F)F. The molecule has 20 heavy (non-hydrogen) atoms. The van der Waals surface area contributed by atoms with E-state index < -0.39 is 47.9 Å². The summed E-state index contributed by atoms with van der Waals surface area (Å²) >= 11 is 0. The lowest BCUT2D eigenvalue weighted by atomic mass is 9.64. The highest BCUT2D eigenvalue weighted by Crippen LogP contribution is 2.70. The average molecular weight is 320 g/mol. The Balaban J connectivity index is 3.83. The Morgan fingerprint density at radius 2 is 0.800 bits per heavy atom. The third-order valence-electron chi connectivity index (χ3n) is 3.68. The molecule has 1 fully saturated rings. The van der Waals surface area contributed by atoms with Gasteiger partial charge < -0.3 is 0 Å². The number of hydrogen-bond donors (Lipinski definition) is 0. The van der Waals surface area contributed by atoms with E-state index in [1.807, 2.05) is 0 Å². The number of halogens is 10. The van der Waals surface area contributed by atoms with E-state index in [4.69, 9.17) is 0 Å². The molecule has 1 saturated carbocycles. The minimum atomic E-state index is -6.33. The molecule has 1 aliphatic rings. The van der Waals surface area contributed by atoms with Crippen molar-refractivity contribution in [1.82, 2.24) is 0 Å². The molecule has 120 valence electrons. The summed E-state index contributed by atoms with van der Waals surface area (Å²) in [5, 5.41) is 0. The standard InChI is InChI=1S/C10H10F10/c1-4(2)6(12)9(17,18)7(13,14)5(3,11)8(15,16)10(6,19)20/h4H,1-3H3. The zero-order valence-corrected chi connectivity index (χ0v) is 10.4. The van der Waals surface area contributed by atoms with Gasteiger partial charge >= 0.3 is 23.7 Å². The maximum Gasteiger partial charge on any atom is 0.353 e. The molecule has 0 heterocycles. The quantitative estimate of drug-likeness (QED) is 0.618. The van der Waals surface area contributed by atoms with Gasteiger partial charge in [-0.05, 0) is 12.8 Å². The first kappa shape index (κ1) is 17.4. The first-order chi connectivity index (χ1) is 8.44. The molecule has 10 heteroatoms. The Bertz CT molecular complexity index is 378. The lowest BCUT2D eigenvalue weighted by Gasteiger charge is -2.55. The lowest BCUT2D eigenvalue weighted by molar-refractivity contribution is -0.463. The molecule has 0 saturated heterocycles. The van der Waals surface area contributed by atoms with Crippen molar-refractivity contribution in [3.05, 3.63) is 0 Å². The molecule has 0 aliphatic heterocycles. The summed E-state index contributed by atoms with van der Waals surface area (Å²) in [4.78, 5) is 0. The molecule has 0 N–H and O–H groups in total. The van der Waals surface area contributed by atoms with Gasteiger partial charge in [0.15, 0.2) is 0 Å². The van der Waals surface area contributed by atoms with Gasteiger partial charge in [0.1, 0.15) is 0 Å². The van der Waals surface area contributed by atoms with Crippen LogP contribution in [0.25, 0.3) is 0 Å². The molecule has 0 bridgehead atoms. The van der Waals surface area contributed by atoms with E-state index in [0.717, 1.165) is 0 Å². The van der Waals surface area contributed by atoms with Crippen LogP contribution in [0.5, 0.6) is 0 Å². The smallest absolute Gasteiger partial charge is 0.230 e. The van der Waals surface area contributed by atoms with Crippen LogP contribution in [0.4, 0.5) is 43.9 Å². The number of hydrogen-bond acceptors (Lipinski definition) is 0. The van der Waals surface area contributed by atoms with Crippen molar-refractivity contribution < 1.29 is 43.9 Å². The van der Waals surface area contributed by atoms with E-state index in [2.05, 4.69) is 0 Å². The summed E-state index contributed by atoms with van der Waals surface area (Å²) in [6.45, 7) is -0.196. The highest BCUT2D eigenvalue weighted by molar-refractivity contribution is 5.28. The van der Waals surface area contributed by atoms with Crippen molar-refractivity contribution in [2.24, 2.45) is 5.92 Å². The molecular formula is C10H10F10. The summed E-state index contributed by atoms with van der Waals surface area (Å²) in [6.07, 6.45) is 0. The van der Waals surface area contributed by atoms with Crippen molar-refractivity contribution in [2.75, 3.05) is 0 Å². The molecule has 0 aromatic rings. The molecule has 1 rings (SSSR count). The van der Waals surface area contributed by atoms with Crippen molar-refractivity contribution >= 4 is 0 Å². The number of rotatable bonds is 1. The van der Waals surface area contributed by atoms with Gasteiger partial charge in [0.25, 0.3) is 5.67 Å². The normalized spacial score (nSPS) is 41.7.